The molecule has 0 saturated heterocycles. The average Bonchev–Trinajstić information content (AvgIpc) is 2.40. The Bertz CT molecular complexity index is 639. The van der Waals surface area contributed by atoms with Gasteiger partial charge in [0.25, 0.3) is 0 Å². The predicted molar refractivity (Wildman–Crippen MR) is 65.3 cm³/mol. The lowest BCUT2D eigenvalue weighted by Gasteiger charge is -2.07. The van der Waals surface area contributed by atoms with Gasteiger partial charge in [0.05, 0.1) is 12.7 Å². The van der Waals surface area contributed by atoms with Crippen LogP contribution < -0.4 is 4.74 Å². The van der Waals surface area contributed by atoms with E-state index in [2.05, 4.69) is 0 Å². The number of carboxylic acid groups (broad SMARTS) is 1. The molecule has 0 bridgehead atoms. The van der Waals surface area contributed by atoms with E-state index in [0.717, 1.165) is 12.1 Å². The molecule has 98 valence electrons. The van der Waals surface area contributed by atoms with Crippen LogP contribution >= 0.6 is 0 Å². The number of aromatic carboxylic acids is 1. The maximum Gasteiger partial charge on any atom is 0.338 e. The van der Waals surface area contributed by atoms with Crippen molar-refractivity contribution in [1.82, 2.24) is 0 Å². The van der Waals surface area contributed by atoms with E-state index in [9.17, 15) is 13.6 Å². The summed E-state index contributed by atoms with van der Waals surface area (Å²) in [5.74, 6) is -2.37. The quantitative estimate of drug-likeness (QED) is 0.924. The minimum atomic E-state index is -1.40. The van der Waals surface area contributed by atoms with E-state index in [-0.39, 0.29) is 11.1 Å². The molecule has 0 radical (unpaired) electrons. The van der Waals surface area contributed by atoms with Gasteiger partial charge < -0.3 is 9.84 Å². The second kappa shape index (κ2) is 5.06. The lowest BCUT2D eigenvalue weighted by atomic mass is 10.0. The van der Waals surface area contributed by atoms with Crippen molar-refractivity contribution < 1.29 is 23.4 Å². The van der Waals surface area contributed by atoms with Gasteiger partial charge in [-0.1, -0.05) is 6.07 Å². The average molecular weight is 264 g/mol. The van der Waals surface area contributed by atoms with Gasteiger partial charge in [0, 0.05) is 5.56 Å². The van der Waals surface area contributed by atoms with Crippen molar-refractivity contribution in [2.24, 2.45) is 0 Å². The maximum absolute atomic E-state index is 13.7. The van der Waals surface area contributed by atoms with Gasteiger partial charge in [-0.3, -0.25) is 0 Å². The van der Waals surface area contributed by atoms with Crippen LogP contribution in [0.4, 0.5) is 8.78 Å². The first kappa shape index (κ1) is 13.0. The summed E-state index contributed by atoms with van der Waals surface area (Å²) in [6.07, 6.45) is 0. The zero-order chi connectivity index (χ0) is 14.0. The Morgan fingerprint density at radius 3 is 2.42 bits per heavy atom. The second-order valence-electron chi connectivity index (χ2n) is 3.85. The summed E-state index contributed by atoms with van der Waals surface area (Å²) in [4.78, 5) is 10.9. The molecule has 2 rings (SSSR count). The fourth-order valence-corrected chi connectivity index (χ4v) is 1.71. The highest BCUT2D eigenvalue weighted by molar-refractivity contribution is 5.89. The highest BCUT2D eigenvalue weighted by Crippen LogP contribution is 2.28. The fraction of sp³-hybridized carbons (Fsp3) is 0.0714. The number of benzene rings is 2. The summed E-state index contributed by atoms with van der Waals surface area (Å²) < 4.78 is 32.0. The summed E-state index contributed by atoms with van der Waals surface area (Å²) >= 11 is 0. The van der Waals surface area contributed by atoms with Gasteiger partial charge in [0.1, 0.15) is 17.4 Å². The van der Waals surface area contributed by atoms with Crippen LogP contribution in [0.1, 0.15) is 10.4 Å². The van der Waals surface area contributed by atoms with Crippen LogP contribution in [-0.4, -0.2) is 18.2 Å². The molecular formula is C14H10F2O3. The van der Waals surface area contributed by atoms with Crippen molar-refractivity contribution in [1.29, 1.82) is 0 Å². The second-order valence-corrected chi connectivity index (χ2v) is 3.85. The van der Waals surface area contributed by atoms with E-state index in [4.69, 9.17) is 9.84 Å². The van der Waals surface area contributed by atoms with Crippen LogP contribution in [0, 0.1) is 11.6 Å². The first-order valence-corrected chi connectivity index (χ1v) is 5.39. The first-order chi connectivity index (χ1) is 9.02. The zero-order valence-electron chi connectivity index (χ0n) is 9.98. The van der Waals surface area contributed by atoms with Crippen molar-refractivity contribution in [3.8, 4) is 16.9 Å². The summed E-state index contributed by atoms with van der Waals surface area (Å²) in [7, 11) is 1.43. The van der Waals surface area contributed by atoms with Crippen LogP contribution in [0.5, 0.6) is 5.75 Å². The van der Waals surface area contributed by atoms with Crippen LogP contribution in [0.15, 0.2) is 36.4 Å². The van der Waals surface area contributed by atoms with Crippen LogP contribution in [-0.2, 0) is 0 Å². The molecule has 0 aliphatic heterocycles. The number of methoxy groups -OCH3 is 1. The minimum Gasteiger partial charge on any atom is -0.497 e. The number of carboxylic acids is 1. The summed E-state index contributed by atoms with van der Waals surface area (Å²) in [6, 6.07) is 7.49. The highest BCUT2D eigenvalue weighted by atomic mass is 19.1. The number of carbonyl (C=O) groups is 1. The van der Waals surface area contributed by atoms with Gasteiger partial charge in [-0.05, 0) is 35.9 Å². The Balaban J connectivity index is 2.59. The molecule has 0 aliphatic carbocycles. The largest absolute Gasteiger partial charge is 0.497 e. The molecule has 0 amide bonds. The number of ether oxygens (including phenoxy) is 1. The van der Waals surface area contributed by atoms with Crippen molar-refractivity contribution in [3.63, 3.8) is 0 Å². The van der Waals surface area contributed by atoms with Crippen LogP contribution in [0.2, 0.25) is 0 Å². The lowest BCUT2D eigenvalue weighted by molar-refractivity contribution is 0.0692. The van der Waals surface area contributed by atoms with E-state index >= 15 is 0 Å². The van der Waals surface area contributed by atoms with Gasteiger partial charge in [-0.2, -0.15) is 0 Å². The fourth-order valence-electron chi connectivity index (χ4n) is 1.71. The van der Waals surface area contributed by atoms with Crippen LogP contribution in [0.3, 0.4) is 0 Å². The molecule has 0 atom stereocenters. The molecule has 0 fully saturated rings. The molecule has 0 saturated carbocycles. The van der Waals surface area contributed by atoms with E-state index in [0.29, 0.717) is 5.75 Å². The Labute approximate surface area is 108 Å². The number of rotatable bonds is 3. The summed E-state index contributed by atoms with van der Waals surface area (Å²) in [5, 5.41) is 8.85. The molecular weight excluding hydrogens is 254 g/mol. The molecule has 0 aliphatic rings. The molecule has 0 heterocycles. The van der Waals surface area contributed by atoms with Gasteiger partial charge >= 0.3 is 5.97 Å². The monoisotopic (exact) mass is 264 g/mol. The van der Waals surface area contributed by atoms with E-state index < -0.39 is 23.2 Å². The molecule has 1 N–H and O–H groups in total. The Morgan fingerprint density at radius 1 is 1.11 bits per heavy atom. The SMILES string of the molecule is COc1ccc(F)c(-c2ccc(F)c(C(=O)O)c2)c1. The standard InChI is InChI=1S/C14H10F2O3/c1-19-9-3-5-12(15)10(7-9)8-2-4-13(16)11(6-8)14(17)18/h2-7H,1H3,(H,17,18). The topological polar surface area (TPSA) is 46.5 Å². The lowest BCUT2D eigenvalue weighted by Crippen LogP contribution is -2.01. The molecule has 3 nitrogen and oxygen atoms in total. The van der Waals surface area contributed by atoms with Gasteiger partial charge in [-0.25, -0.2) is 13.6 Å². The third-order valence-corrected chi connectivity index (χ3v) is 2.68. The Kier molecular flexibility index (Phi) is 3.46. The molecule has 19 heavy (non-hydrogen) atoms. The smallest absolute Gasteiger partial charge is 0.338 e. The maximum atomic E-state index is 13.7. The molecule has 5 heteroatoms. The van der Waals surface area contributed by atoms with Crippen molar-refractivity contribution in [2.75, 3.05) is 7.11 Å². The molecule has 2 aromatic carbocycles. The third kappa shape index (κ3) is 2.54. The molecule has 0 aromatic heterocycles. The number of hydrogen-bond acceptors (Lipinski definition) is 2. The predicted octanol–water partition coefficient (Wildman–Crippen LogP) is 3.34. The van der Waals surface area contributed by atoms with Gasteiger partial charge in [-0.15, -0.1) is 0 Å². The Hall–Kier alpha value is -2.43. The number of hydrogen-bond donors (Lipinski definition) is 1. The van der Waals surface area contributed by atoms with E-state index in [1.54, 1.807) is 0 Å². The third-order valence-electron chi connectivity index (χ3n) is 2.68. The first-order valence-electron chi connectivity index (χ1n) is 5.39. The van der Waals surface area contributed by atoms with Crippen molar-refractivity contribution in [3.05, 3.63) is 53.6 Å². The summed E-state index contributed by atoms with van der Waals surface area (Å²) in [6.45, 7) is 0. The molecule has 0 unspecified atom stereocenters. The van der Waals surface area contributed by atoms with E-state index in [1.165, 1.54) is 31.4 Å². The summed E-state index contributed by atoms with van der Waals surface area (Å²) in [5.41, 5.74) is -0.0724. The minimum absolute atomic E-state index is 0.154. The van der Waals surface area contributed by atoms with Gasteiger partial charge in [0.15, 0.2) is 0 Å². The van der Waals surface area contributed by atoms with Gasteiger partial charge in [0.2, 0.25) is 0 Å². The molecule has 0 spiro atoms. The Morgan fingerprint density at radius 2 is 1.79 bits per heavy atom. The highest BCUT2D eigenvalue weighted by Gasteiger charge is 2.14. The molecule has 2 aromatic rings. The normalized spacial score (nSPS) is 10.3. The zero-order valence-corrected chi connectivity index (χ0v) is 9.98. The van der Waals surface area contributed by atoms with Crippen molar-refractivity contribution >= 4 is 5.97 Å². The van der Waals surface area contributed by atoms with Crippen molar-refractivity contribution in [2.45, 2.75) is 0 Å². The van der Waals surface area contributed by atoms with Crippen LogP contribution in [0.25, 0.3) is 11.1 Å². The number of halogens is 2. The van der Waals surface area contributed by atoms with E-state index in [1.807, 2.05) is 0 Å².